The van der Waals surface area contributed by atoms with Gasteiger partial charge in [-0.1, -0.05) is 15.9 Å². The van der Waals surface area contributed by atoms with E-state index >= 15 is 0 Å². The number of fused-ring (bicyclic) bond motifs is 1. The van der Waals surface area contributed by atoms with E-state index < -0.39 is 0 Å². The molecule has 1 unspecified atom stereocenters. The van der Waals surface area contributed by atoms with E-state index in [9.17, 15) is 9.59 Å². The lowest BCUT2D eigenvalue weighted by Crippen LogP contribution is -2.32. The molecular formula is C20H20BrN3O3. The zero-order valence-electron chi connectivity index (χ0n) is 14.6. The highest BCUT2D eigenvalue weighted by Crippen LogP contribution is 2.34. The van der Waals surface area contributed by atoms with Gasteiger partial charge in [0, 0.05) is 33.7 Å². The van der Waals surface area contributed by atoms with Crippen molar-refractivity contribution in [2.24, 2.45) is 0 Å². The lowest BCUT2D eigenvalue weighted by Gasteiger charge is -2.27. The maximum Gasteiger partial charge on any atom is 0.319 e. The number of benzene rings is 2. The molecule has 0 spiro atoms. The molecule has 3 amide bonds. The van der Waals surface area contributed by atoms with Crippen molar-refractivity contribution in [2.75, 3.05) is 11.9 Å². The van der Waals surface area contributed by atoms with Crippen LogP contribution in [0.2, 0.25) is 0 Å². The summed E-state index contributed by atoms with van der Waals surface area (Å²) < 4.78 is 6.61. The number of hydrogen-bond donors (Lipinski definition) is 3. The number of amides is 3. The van der Waals surface area contributed by atoms with Gasteiger partial charge in [-0.25, -0.2) is 4.79 Å². The minimum Gasteiger partial charge on any atom is -0.493 e. The summed E-state index contributed by atoms with van der Waals surface area (Å²) in [5, 5.41) is 8.71. The van der Waals surface area contributed by atoms with Crippen LogP contribution in [0.25, 0.3) is 0 Å². The van der Waals surface area contributed by atoms with Crippen LogP contribution in [0.4, 0.5) is 10.5 Å². The van der Waals surface area contributed by atoms with Crippen LogP contribution in [0, 0.1) is 0 Å². The third-order valence-electron chi connectivity index (χ3n) is 4.63. The Bertz CT molecular complexity index is 865. The zero-order chi connectivity index (χ0) is 18.8. The van der Waals surface area contributed by atoms with Crippen LogP contribution in [0.1, 0.15) is 41.2 Å². The summed E-state index contributed by atoms with van der Waals surface area (Å²) in [7, 11) is 0. The lowest BCUT2D eigenvalue weighted by atomic mass is 10.00. The molecule has 1 saturated carbocycles. The largest absolute Gasteiger partial charge is 0.493 e. The van der Waals surface area contributed by atoms with Crippen molar-refractivity contribution >= 4 is 33.6 Å². The Morgan fingerprint density at radius 2 is 1.78 bits per heavy atom. The molecule has 0 bridgehead atoms. The van der Waals surface area contributed by atoms with E-state index in [4.69, 9.17) is 4.74 Å². The first-order chi connectivity index (χ1) is 13.1. The fourth-order valence-corrected chi connectivity index (χ4v) is 3.42. The average molecular weight is 430 g/mol. The normalized spacial score (nSPS) is 18.0. The first-order valence-corrected chi connectivity index (χ1v) is 9.78. The summed E-state index contributed by atoms with van der Waals surface area (Å²) in [5.74, 6) is 0.651. The quantitative estimate of drug-likeness (QED) is 0.687. The SMILES string of the molecule is O=C(Nc1ccc(C(=O)NC2CCOc3ccc(Br)cc32)cc1)NC1CC1. The molecule has 140 valence electrons. The molecule has 0 saturated heterocycles. The van der Waals surface area contributed by atoms with Gasteiger partial charge in [0.15, 0.2) is 0 Å². The average Bonchev–Trinajstić information content (AvgIpc) is 3.46. The Morgan fingerprint density at radius 3 is 2.52 bits per heavy atom. The third kappa shape index (κ3) is 4.42. The second-order valence-corrected chi connectivity index (χ2v) is 7.71. The molecule has 7 heteroatoms. The van der Waals surface area contributed by atoms with E-state index in [0.717, 1.165) is 35.0 Å². The number of hydrogen-bond acceptors (Lipinski definition) is 3. The maximum absolute atomic E-state index is 12.6. The van der Waals surface area contributed by atoms with Crippen LogP contribution in [0.3, 0.4) is 0 Å². The smallest absolute Gasteiger partial charge is 0.319 e. The number of ether oxygens (including phenoxy) is 1. The Hall–Kier alpha value is -2.54. The number of nitrogens with one attached hydrogen (secondary N) is 3. The minimum atomic E-state index is -0.209. The highest BCUT2D eigenvalue weighted by atomic mass is 79.9. The van der Waals surface area contributed by atoms with Gasteiger partial charge in [0.05, 0.1) is 12.6 Å². The molecule has 2 aliphatic rings. The Labute approximate surface area is 165 Å². The maximum atomic E-state index is 12.6. The van der Waals surface area contributed by atoms with Crippen LogP contribution in [0.5, 0.6) is 5.75 Å². The van der Waals surface area contributed by atoms with Crippen molar-refractivity contribution < 1.29 is 14.3 Å². The van der Waals surface area contributed by atoms with Crippen molar-refractivity contribution in [1.82, 2.24) is 10.6 Å². The van der Waals surface area contributed by atoms with Crippen LogP contribution in [-0.2, 0) is 0 Å². The molecule has 1 aliphatic carbocycles. The molecule has 1 fully saturated rings. The van der Waals surface area contributed by atoms with Gasteiger partial charge in [0.25, 0.3) is 5.91 Å². The van der Waals surface area contributed by atoms with Gasteiger partial charge in [-0.2, -0.15) is 0 Å². The minimum absolute atomic E-state index is 0.0964. The monoisotopic (exact) mass is 429 g/mol. The number of anilines is 1. The molecule has 1 heterocycles. The molecule has 27 heavy (non-hydrogen) atoms. The summed E-state index contributed by atoms with van der Waals surface area (Å²) in [4.78, 5) is 24.4. The highest BCUT2D eigenvalue weighted by Gasteiger charge is 2.24. The van der Waals surface area contributed by atoms with Gasteiger partial charge in [-0.15, -0.1) is 0 Å². The molecule has 2 aromatic carbocycles. The Balaban J connectivity index is 1.40. The van der Waals surface area contributed by atoms with E-state index in [1.807, 2.05) is 18.2 Å². The predicted molar refractivity (Wildman–Crippen MR) is 106 cm³/mol. The van der Waals surface area contributed by atoms with Gasteiger partial charge in [-0.05, 0) is 55.3 Å². The summed E-state index contributed by atoms with van der Waals surface area (Å²) in [6.45, 7) is 0.568. The van der Waals surface area contributed by atoms with Crippen molar-refractivity contribution in [3.8, 4) is 5.75 Å². The summed E-state index contributed by atoms with van der Waals surface area (Å²) in [6, 6.07) is 12.7. The summed E-state index contributed by atoms with van der Waals surface area (Å²) in [5.41, 5.74) is 2.18. The topological polar surface area (TPSA) is 79.5 Å². The first-order valence-electron chi connectivity index (χ1n) is 8.99. The van der Waals surface area contributed by atoms with Crippen molar-refractivity contribution in [3.05, 3.63) is 58.1 Å². The predicted octanol–water partition coefficient (Wildman–Crippen LogP) is 3.99. The fraction of sp³-hybridized carbons (Fsp3) is 0.300. The van der Waals surface area contributed by atoms with E-state index in [0.29, 0.717) is 23.9 Å². The number of carbonyl (C=O) groups is 2. The number of rotatable bonds is 4. The van der Waals surface area contributed by atoms with Gasteiger partial charge in [-0.3, -0.25) is 4.79 Å². The van der Waals surface area contributed by atoms with Crippen LogP contribution >= 0.6 is 15.9 Å². The zero-order valence-corrected chi connectivity index (χ0v) is 16.2. The second kappa shape index (κ2) is 7.60. The van der Waals surface area contributed by atoms with Gasteiger partial charge in [0.2, 0.25) is 0 Å². The van der Waals surface area contributed by atoms with Crippen LogP contribution in [-0.4, -0.2) is 24.6 Å². The fourth-order valence-electron chi connectivity index (χ4n) is 3.04. The second-order valence-electron chi connectivity index (χ2n) is 6.80. The lowest BCUT2D eigenvalue weighted by molar-refractivity contribution is 0.0925. The van der Waals surface area contributed by atoms with Crippen molar-refractivity contribution in [1.29, 1.82) is 0 Å². The van der Waals surface area contributed by atoms with E-state index in [1.54, 1.807) is 24.3 Å². The number of carbonyl (C=O) groups excluding carboxylic acids is 2. The van der Waals surface area contributed by atoms with E-state index in [-0.39, 0.29) is 18.0 Å². The molecular weight excluding hydrogens is 410 g/mol. The summed E-state index contributed by atoms with van der Waals surface area (Å²) in [6.07, 6.45) is 2.80. The molecule has 1 atom stereocenters. The Morgan fingerprint density at radius 1 is 1.00 bits per heavy atom. The van der Waals surface area contributed by atoms with Crippen molar-refractivity contribution in [3.63, 3.8) is 0 Å². The van der Waals surface area contributed by atoms with Crippen LogP contribution in [0.15, 0.2) is 46.9 Å². The highest BCUT2D eigenvalue weighted by molar-refractivity contribution is 9.10. The van der Waals surface area contributed by atoms with E-state index in [2.05, 4.69) is 31.9 Å². The molecule has 3 N–H and O–H groups in total. The third-order valence-corrected chi connectivity index (χ3v) is 5.13. The number of urea groups is 1. The molecule has 6 nitrogen and oxygen atoms in total. The molecule has 0 radical (unpaired) electrons. The molecule has 1 aliphatic heterocycles. The number of halogens is 1. The van der Waals surface area contributed by atoms with Gasteiger partial charge >= 0.3 is 6.03 Å². The Kier molecular flexibility index (Phi) is 5.03. The molecule has 2 aromatic rings. The van der Waals surface area contributed by atoms with Gasteiger partial charge in [0.1, 0.15) is 5.75 Å². The first kappa shape index (κ1) is 17.9. The van der Waals surface area contributed by atoms with E-state index in [1.165, 1.54) is 0 Å². The molecule has 0 aromatic heterocycles. The summed E-state index contributed by atoms with van der Waals surface area (Å²) >= 11 is 3.47. The molecule has 4 rings (SSSR count). The van der Waals surface area contributed by atoms with Gasteiger partial charge < -0.3 is 20.7 Å². The van der Waals surface area contributed by atoms with Crippen LogP contribution < -0.4 is 20.7 Å². The standard InChI is InChI=1S/C20H20BrN3O3/c21-13-3-8-18-16(11-13)17(9-10-27-18)24-19(25)12-1-4-14(5-2-12)22-20(26)23-15-6-7-15/h1-5,8,11,15,17H,6-7,9-10H2,(H,24,25)(H2,22,23,26). The van der Waals surface area contributed by atoms with Crippen molar-refractivity contribution in [2.45, 2.75) is 31.3 Å².